The molecule has 1 fully saturated rings. The van der Waals surface area contributed by atoms with Gasteiger partial charge in [0.05, 0.1) is 11.0 Å². The molecule has 0 aromatic carbocycles. The molecule has 1 heterocycles. The number of nitrogens with zero attached hydrogens (tertiary/aromatic N) is 2. The molecule has 1 aromatic rings. The number of aliphatic hydroxyl groups is 1. The first-order chi connectivity index (χ1) is 8.99. The SMILES string of the molecule is C[C@@H](O)c1cc([N+](=O)[O-])c(N(C)CC2CCCC2)s1. The third-order valence-electron chi connectivity index (χ3n) is 3.67. The summed E-state index contributed by atoms with van der Waals surface area (Å²) in [4.78, 5) is 13.4. The molecule has 2 rings (SSSR count). The maximum absolute atomic E-state index is 11.1. The number of anilines is 1. The third kappa shape index (κ3) is 3.25. The molecule has 0 spiro atoms. The Labute approximate surface area is 117 Å². The molecule has 0 radical (unpaired) electrons. The molecule has 1 saturated carbocycles. The van der Waals surface area contributed by atoms with E-state index in [2.05, 4.69) is 0 Å². The standard InChI is InChI=1S/C13H20N2O3S/c1-9(16)12-7-11(15(17)18)13(19-12)14(2)8-10-5-3-4-6-10/h7,9-10,16H,3-6,8H2,1-2H3/t9-/m1/s1. The Hall–Kier alpha value is -1.14. The number of nitro groups is 1. The van der Waals surface area contributed by atoms with Crippen molar-refractivity contribution in [3.8, 4) is 0 Å². The van der Waals surface area contributed by atoms with Gasteiger partial charge in [-0.15, -0.1) is 11.3 Å². The smallest absolute Gasteiger partial charge is 0.304 e. The van der Waals surface area contributed by atoms with Crippen LogP contribution in [0.15, 0.2) is 6.07 Å². The maximum Gasteiger partial charge on any atom is 0.304 e. The van der Waals surface area contributed by atoms with Crippen molar-refractivity contribution in [2.24, 2.45) is 5.92 Å². The summed E-state index contributed by atoms with van der Waals surface area (Å²) in [6, 6.07) is 1.50. The lowest BCUT2D eigenvalue weighted by molar-refractivity contribution is -0.383. The average molecular weight is 284 g/mol. The van der Waals surface area contributed by atoms with Crippen molar-refractivity contribution in [2.45, 2.75) is 38.7 Å². The number of aliphatic hydroxyl groups excluding tert-OH is 1. The molecule has 0 amide bonds. The molecule has 0 unspecified atom stereocenters. The first kappa shape index (κ1) is 14.3. The molecule has 106 valence electrons. The van der Waals surface area contributed by atoms with E-state index in [0.717, 1.165) is 6.54 Å². The van der Waals surface area contributed by atoms with E-state index >= 15 is 0 Å². The highest BCUT2D eigenvalue weighted by molar-refractivity contribution is 7.16. The summed E-state index contributed by atoms with van der Waals surface area (Å²) in [5, 5.41) is 21.3. The van der Waals surface area contributed by atoms with E-state index in [1.54, 1.807) is 6.92 Å². The van der Waals surface area contributed by atoms with Crippen LogP contribution in [0.3, 0.4) is 0 Å². The van der Waals surface area contributed by atoms with Gasteiger partial charge in [0.1, 0.15) is 0 Å². The first-order valence-corrected chi connectivity index (χ1v) is 7.48. The van der Waals surface area contributed by atoms with Crippen LogP contribution in [0.25, 0.3) is 0 Å². The number of hydrogen-bond acceptors (Lipinski definition) is 5. The Morgan fingerprint density at radius 2 is 2.21 bits per heavy atom. The van der Waals surface area contributed by atoms with Crippen LogP contribution in [-0.4, -0.2) is 23.6 Å². The van der Waals surface area contributed by atoms with Crippen LogP contribution in [-0.2, 0) is 0 Å². The predicted octanol–water partition coefficient (Wildman–Crippen LogP) is 3.34. The lowest BCUT2D eigenvalue weighted by Crippen LogP contribution is -2.23. The minimum absolute atomic E-state index is 0.112. The van der Waals surface area contributed by atoms with Crippen molar-refractivity contribution in [1.82, 2.24) is 0 Å². The zero-order valence-electron chi connectivity index (χ0n) is 11.3. The van der Waals surface area contributed by atoms with Crippen LogP contribution in [0.5, 0.6) is 0 Å². The average Bonchev–Trinajstić information content (AvgIpc) is 2.96. The highest BCUT2D eigenvalue weighted by Crippen LogP contribution is 2.40. The zero-order chi connectivity index (χ0) is 14.0. The predicted molar refractivity (Wildman–Crippen MR) is 76.8 cm³/mol. The van der Waals surface area contributed by atoms with E-state index in [1.165, 1.54) is 43.1 Å². The van der Waals surface area contributed by atoms with Gasteiger partial charge in [-0.05, 0) is 25.7 Å². The lowest BCUT2D eigenvalue weighted by atomic mass is 10.1. The van der Waals surface area contributed by atoms with Gasteiger partial charge in [-0.2, -0.15) is 0 Å². The van der Waals surface area contributed by atoms with Gasteiger partial charge < -0.3 is 10.0 Å². The Morgan fingerprint density at radius 1 is 1.58 bits per heavy atom. The summed E-state index contributed by atoms with van der Waals surface area (Å²) in [6.07, 6.45) is 4.31. The molecule has 19 heavy (non-hydrogen) atoms. The molecule has 1 aliphatic rings. The summed E-state index contributed by atoms with van der Waals surface area (Å²) in [5.41, 5.74) is 0.112. The lowest BCUT2D eigenvalue weighted by Gasteiger charge is -2.20. The van der Waals surface area contributed by atoms with Gasteiger partial charge in [0.2, 0.25) is 0 Å². The molecular weight excluding hydrogens is 264 g/mol. The van der Waals surface area contributed by atoms with Crippen LogP contribution in [0.4, 0.5) is 10.7 Å². The quantitative estimate of drug-likeness (QED) is 0.665. The summed E-state index contributed by atoms with van der Waals surface area (Å²) in [6.45, 7) is 2.50. The molecule has 5 nitrogen and oxygen atoms in total. The highest BCUT2D eigenvalue weighted by Gasteiger charge is 2.26. The first-order valence-electron chi connectivity index (χ1n) is 6.66. The molecule has 1 aliphatic carbocycles. The molecule has 1 N–H and O–H groups in total. The van der Waals surface area contributed by atoms with Gasteiger partial charge in [-0.25, -0.2) is 0 Å². The van der Waals surface area contributed by atoms with Gasteiger partial charge in [0.25, 0.3) is 0 Å². The molecule has 0 aliphatic heterocycles. The normalized spacial score (nSPS) is 17.6. The minimum atomic E-state index is -0.655. The molecule has 1 atom stereocenters. The summed E-state index contributed by atoms with van der Waals surface area (Å²) in [7, 11) is 1.91. The Kier molecular flexibility index (Phi) is 4.42. The maximum atomic E-state index is 11.1. The van der Waals surface area contributed by atoms with E-state index < -0.39 is 6.10 Å². The molecule has 0 saturated heterocycles. The zero-order valence-corrected chi connectivity index (χ0v) is 12.2. The molecule has 0 bridgehead atoms. The fraction of sp³-hybridized carbons (Fsp3) is 0.692. The molecular formula is C13H20N2O3S. The van der Waals surface area contributed by atoms with E-state index in [9.17, 15) is 15.2 Å². The van der Waals surface area contributed by atoms with E-state index in [0.29, 0.717) is 15.8 Å². The summed E-state index contributed by atoms with van der Waals surface area (Å²) >= 11 is 1.32. The monoisotopic (exact) mass is 284 g/mol. The third-order valence-corrected chi connectivity index (χ3v) is 5.08. The van der Waals surface area contributed by atoms with Crippen molar-refractivity contribution in [3.05, 3.63) is 21.1 Å². The van der Waals surface area contributed by atoms with Crippen LogP contribution >= 0.6 is 11.3 Å². The topological polar surface area (TPSA) is 66.6 Å². The van der Waals surface area contributed by atoms with Crippen molar-refractivity contribution in [2.75, 3.05) is 18.5 Å². The van der Waals surface area contributed by atoms with Crippen molar-refractivity contribution in [1.29, 1.82) is 0 Å². The van der Waals surface area contributed by atoms with Crippen LogP contribution in [0.1, 0.15) is 43.6 Å². The number of thiophene rings is 1. The van der Waals surface area contributed by atoms with Gasteiger partial charge in [-0.3, -0.25) is 10.1 Å². The van der Waals surface area contributed by atoms with Gasteiger partial charge in [-0.1, -0.05) is 12.8 Å². The van der Waals surface area contributed by atoms with Gasteiger partial charge in [0, 0.05) is 24.5 Å². The van der Waals surface area contributed by atoms with Crippen molar-refractivity contribution >= 4 is 22.0 Å². The molecule has 6 heteroatoms. The second-order valence-corrected chi connectivity index (χ2v) is 6.37. The Balaban J connectivity index is 2.18. The van der Waals surface area contributed by atoms with Crippen LogP contribution in [0.2, 0.25) is 0 Å². The van der Waals surface area contributed by atoms with Crippen LogP contribution < -0.4 is 4.90 Å². The van der Waals surface area contributed by atoms with Gasteiger partial charge in [0.15, 0.2) is 5.00 Å². The van der Waals surface area contributed by atoms with Gasteiger partial charge >= 0.3 is 5.69 Å². The Bertz CT molecular complexity index is 453. The van der Waals surface area contributed by atoms with E-state index in [-0.39, 0.29) is 10.6 Å². The molecule has 1 aromatic heterocycles. The van der Waals surface area contributed by atoms with Crippen molar-refractivity contribution < 1.29 is 10.0 Å². The van der Waals surface area contributed by atoms with Crippen molar-refractivity contribution in [3.63, 3.8) is 0 Å². The Morgan fingerprint density at radius 3 is 2.74 bits per heavy atom. The summed E-state index contributed by atoms with van der Waals surface area (Å²) < 4.78 is 0. The number of rotatable bonds is 5. The summed E-state index contributed by atoms with van der Waals surface area (Å²) in [5.74, 6) is 0.640. The minimum Gasteiger partial charge on any atom is -0.388 e. The van der Waals surface area contributed by atoms with Crippen LogP contribution in [0, 0.1) is 16.0 Å². The fourth-order valence-corrected chi connectivity index (χ4v) is 3.70. The van der Waals surface area contributed by atoms with E-state index in [4.69, 9.17) is 0 Å². The van der Waals surface area contributed by atoms with E-state index in [1.807, 2.05) is 11.9 Å². The highest BCUT2D eigenvalue weighted by atomic mass is 32.1. The second kappa shape index (κ2) is 5.88. The second-order valence-electron chi connectivity index (χ2n) is 5.30. The largest absolute Gasteiger partial charge is 0.388 e. The number of hydrogen-bond donors (Lipinski definition) is 1. The fourth-order valence-electron chi connectivity index (χ4n) is 2.66.